The molecule has 5 fully saturated rings. The summed E-state index contributed by atoms with van der Waals surface area (Å²) in [6.45, 7) is 2.71. The second-order valence-corrected chi connectivity index (χ2v) is 12.6. The summed E-state index contributed by atoms with van der Waals surface area (Å²) in [7, 11) is 0. The van der Waals surface area contributed by atoms with Crippen LogP contribution in [0.25, 0.3) is 11.0 Å². The van der Waals surface area contributed by atoms with Gasteiger partial charge in [-0.05, 0) is 88.7 Å². The highest BCUT2D eigenvalue weighted by molar-refractivity contribution is 5.86. The molecule has 188 valence electrons. The van der Waals surface area contributed by atoms with Crippen LogP contribution in [0.15, 0.2) is 24.3 Å². The van der Waals surface area contributed by atoms with E-state index < -0.39 is 0 Å². The van der Waals surface area contributed by atoms with E-state index in [9.17, 15) is 4.79 Å². The molecule has 2 aliphatic carbocycles. The van der Waals surface area contributed by atoms with Crippen LogP contribution in [0.1, 0.15) is 96.4 Å². The van der Waals surface area contributed by atoms with E-state index in [4.69, 9.17) is 4.98 Å². The van der Waals surface area contributed by atoms with Gasteiger partial charge in [-0.3, -0.25) is 9.69 Å². The number of Topliss-reactive ketones (excluding diaryl/α,β-unsaturated/α-hetero) is 1. The number of nitrogens with zero attached hydrogens (tertiary/aromatic N) is 4. The Labute approximate surface area is 210 Å². The zero-order valence-electron chi connectivity index (χ0n) is 21.4. The molecular formula is C30H42N4O. The summed E-state index contributed by atoms with van der Waals surface area (Å²) in [6, 6.07) is 11.4. The van der Waals surface area contributed by atoms with E-state index in [1.54, 1.807) is 6.92 Å². The average Bonchev–Trinajstić information content (AvgIpc) is 3.48. The minimum Gasteiger partial charge on any atom is -0.332 e. The topological polar surface area (TPSA) is 41.4 Å². The van der Waals surface area contributed by atoms with E-state index in [0.29, 0.717) is 18.1 Å². The number of para-hydroxylation sites is 2. The highest BCUT2D eigenvalue weighted by Crippen LogP contribution is 2.48. The molecule has 0 spiro atoms. The first-order valence-electron chi connectivity index (χ1n) is 14.7. The monoisotopic (exact) mass is 474 g/mol. The van der Waals surface area contributed by atoms with Crippen LogP contribution in [0, 0.1) is 11.8 Å². The molecule has 3 saturated heterocycles. The van der Waals surface area contributed by atoms with Crippen molar-refractivity contribution in [1.82, 2.24) is 14.5 Å². The Morgan fingerprint density at radius 2 is 1.51 bits per heavy atom. The summed E-state index contributed by atoms with van der Waals surface area (Å²) in [6.07, 6.45) is 17.5. The molecule has 4 bridgehead atoms. The van der Waals surface area contributed by atoms with E-state index in [-0.39, 0.29) is 11.8 Å². The summed E-state index contributed by atoms with van der Waals surface area (Å²) in [5.74, 6) is 3.34. The number of aromatic nitrogens is 2. The molecule has 5 nitrogen and oxygen atoms in total. The first-order chi connectivity index (χ1) is 17.2. The smallest absolute Gasteiger partial charge is 0.207 e. The SMILES string of the molecule is CC(=O)[C@H]1CCCN1c1nc2ccccc2n1C1C[C@H]2CCC[C@@H](C1)N2C1C[C@H]2CCC[C@@H](C1)C2. The third-order valence-electron chi connectivity index (χ3n) is 10.5. The van der Waals surface area contributed by atoms with Gasteiger partial charge in [0, 0.05) is 30.7 Å². The van der Waals surface area contributed by atoms with Crippen molar-refractivity contribution >= 4 is 22.8 Å². The molecule has 0 radical (unpaired) electrons. The Kier molecular flexibility index (Phi) is 5.68. The van der Waals surface area contributed by atoms with Gasteiger partial charge in [-0.1, -0.05) is 37.8 Å². The van der Waals surface area contributed by atoms with Gasteiger partial charge >= 0.3 is 0 Å². The molecule has 2 saturated carbocycles. The lowest BCUT2D eigenvalue weighted by Crippen LogP contribution is -2.58. The molecule has 3 aliphatic heterocycles. The number of benzene rings is 1. The molecule has 1 aromatic carbocycles. The van der Waals surface area contributed by atoms with Crippen molar-refractivity contribution in [2.24, 2.45) is 11.8 Å². The summed E-state index contributed by atoms with van der Waals surface area (Å²) in [5, 5.41) is 0. The lowest BCUT2D eigenvalue weighted by Gasteiger charge is -2.55. The van der Waals surface area contributed by atoms with Gasteiger partial charge in [0.1, 0.15) is 0 Å². The number of hydrogen-bond donors (Lipinski definition) is 0. The average molecular weight is 475 g/mol. The first-order valence-corrected chi connectivity index (χ1v) is 14.7. The van der Waals surface area contributed by atoms with Crippen molar-refractivity contribution in [2.45, 2.75) is 121 Å². The second-order valence-electron chi connectivity index (χ2n) is 12.6. The molecule has 2 unspecified atom stereocenters. The number of carbonyl (C=O) groups is 1. The fourth-order valence-corrected chi connectivity index (χ4v) is 9.16. The molecule has 4 heterocycles. The molecule has 5 aliphatic rings. The first kappa shape index (κ1) is 22.3. The zero-order valence-corrected chi connectivity index (χ0v) is 21.4. The van der Waals surface area contributed by atoms with Gasteiger partial charge in [-0.15, -0.1) is 0 Å². The van der Waals surface area contributed by atoms with Gasteiger partial charge in [0.15, 0.2) is 5.78 Å². The number of piperidine rings is 2. The number of imidazole rings is 1. The van der Waals surface area contributed by atoms with Crippen LogP contribution in [0.3, 0.4) is 0 Å². The molecule has 2 aromatic rings. The zero-order chi connectivity index (χ0) is 23.5. The number of anilines is 1. The highest BCUT2D eigenvalue weighted by atomic mass is 16.1. The van der Waals surface area contributed by atoms with Gasteiger partial charge < -0.3 is 9.47 Å². The maximum absolute atomic E-state index is 12.5. The van der Waals surface area contributed by atoms with E-state index in [1.807, 2.05) is 0 Å². The van der Waals surface area contributed by atoms with Gasteiger partial charge in [0.25, 0.3) is 0 Å². The predicted molar refractivity (Wildman–Crippen MR) is 141 cm³/mol. The van der Waals surface area contributed by atoms with Crippen LogP contribution in [-0.2, 0) is 4.79 Å². The Balaban J connectivity index is 1.22. The van der Waals surface area contributed by atoms with Gasteiger partial charge in [-0.25, -0.2) is 4.98 Å². The maximum Gasteiger partial charge on any atom is 0.207 e. The number of fused-ring (bicyclic) bond motifs is 5. The summed E-state index contributed by atoms with van der Waals surface area (Å²) < 4.78 is 2.58. The Hall–Kier alpha value is -1.88. The number of carbonyl (C=O) groups excluding carboxylic acids is 1. The minimum atomic E-state index is -0.00759. The van der Waals surface area contributed by atoms with E-state index in [0.717, 1.165) is 48.7 Å². The van der Waals surface area contributed by atoms with E-state index >= 15 is 0 Å². The van der Waals surface area contributed by atoms with Crippen LogP contribution in [0.5, 0.6) is 0 Å². The Morgan fingerprint density at radius 3 is 2.26 bits per heavy atom. The summed E-state index contributed by atoms with van der Waals surface area (Å²) in [4.78, 5) is 23.1. The quantitative estimate of drug-likeness (QED) is 0.535. The molecule has 7 rings (SSSR count). The van der Waals surface area contributed by atoms with Crippen LogP contribution in [-0.4, -0.2) is 50.9 Å². The maximum atomic E-state index is 12.5. The predicted octanol–water partition coefficient (Wildman–Crippen LogP) is 6.12. The van der Waals surface area contributed by atoms with Crippen LogP contribution in [0.4, 0.5) is 5.95 Å². The number of ketones is 1. The van der Waals surface area contributed by atoms with Crippen molar-refractivity contribution in [3.05, 3.63) is 24.3 Å². The summed E-state index contributed by atoms with van der Waals surface area (Å²) in [5.41, 5.74) is 2.35. The fraction of sp³-hybridized carbons (Fsp3) is 0.733. The van der Waals surface area contributed by atoms with Crippen LogP contribution < -0.4 is 4.90 Å². The Bertz CT molecular complexity index is 1070. The minimum absolute atomic E-state index is 0.00759. The van der Waals surface area contributed by atoms with Gasteiger partial charge in [0.05, 0.1) is 17.1 Å². The molecule has 35 heavy (non-hydrogen) atoms. The number of hydrogen-bond acceptors (Lipinski definition) is 4. The molecule has 5 heteroatoms. The third kappa shape index (κ3) is 3.84. The fourth-order valence-electron chi connectivity index (χ4n) is 9.16. The van der Waals surface area contributed by atoms with Crippen molar-refractivity contribution in [2.75, 3.05) is 11.4 Å². The number of rotatable bonds is 4. The third-order valence-corrected chi connectivity index (χ3v) is 10.5. The second kappa shape index (κ2) is 8.90. The van der Waals surface area contributed by atoms with Crippen molar-refractivity contribution in [1.29, 1.82) is 0 Å². The molecule has 0 amide bonds. The van der Waals surface area contributed by atoms with Crippen LogP contribution in [0.2, 0.25) is 0 Å². The summed E-state index contributed by atoms with van der Waals surface area (Å²) >= 11 is 0. The van der Waals surface area contributed by atoms with Gasteiger partial charge in [-0.2, -0.15) is 0 Å². The standard InChI is InChI=1S/C30H42N4O/c1-20(35)28-13-6-14-32(28)30-31-27-11-2-3-12-29(27)34(30)26-18-23-9-5-10-24(19-26)33(23)25-16-21-7-4-8-22(15-21)17-25/h2-3,11-12,21-26,28H,4-10,13-19H2,1H3/t21-,22+,23-,24+,25?,26?,28-/m1/s1. The molecule has 7 atom stereocenters. The van der Waals surface area contributed by atoms with Crippen molar-refractivity contribution in [3.63, 3.8) is 0 Å². The normalized spacial score (nSPS) is 37.6. The highest BCUT2D eigenvalue weighted by Gasteiger charge is 2.46. The van der Waals surface area contributed by atoms with Crippen molar-refractivity contribution in [3.8, 4) is 0 Å². The van der Waals surface area contributed by atoms with Gasteiger partial charge in [0.2, 0.25) is 5.95 Å². The Morgan fingerprint density at radius 1 is 0.800 bits per heavy atom. The molecule has 1 aromatic heterocycles. The van der Waals surface area contributed by atoms with E-state index in [2.05, 4.69) is 38.6 Å². The van der Waals surface area contributed by atoms with Crippen molar-refractivity contribution < 1.29 is 4.79 Å². The lowest BCUT2D eigenvalue weighted by molar-refractivity contribution is -0.118. The molecule has 0 N–H and O–H groups in total. The lowest BCUT2D eigenvalue weighted by atomic mass is 9.68. The van der Waals surface area contributed by atoms with Crippen LogP contribution >= 0.6 is 0 Å². The van der Waals surface area contributed by atoms with E-state index in [1.165, 1.54) is 76.1 Å². The molecular weight excluding hydrogens is 432 g/mol. The largest absolute Gasteiger partial charge is 0.332 e.